The molecule has 2 rings (SSSR count). The number of hydrogen-bond acceptors (Lipinski definition) is 4. The molecule has 0 bridgehead atoms. The highest BCUT2D eigenvalue weighted by atomic mass is 32.1. The van der Waals surface area contributed by atoms with Crippen LogP contribution in [0.25, 0.3) is 6.08 Å². The third-order valence-corrected chi connectivity index (χ3v) is 4.00. The zero-order valence-electron chi connectivity index (χ0n) is 13.2. The van der Waals surface area contributed by atoms with Crippen molar-refractivity contribution in [1.82, 2.24) is 9.88 Å². The van der Waals surface area contributed by atoms with E-state index in [1.807, 2.05) is 19.2 Å². The van der Waals surface area contributed by atoms with Gasteiger partial charge in [0.15, 0.2) is 0 Å². The molecule has 0 atom stereocenters. The minimum Gasteiger partial charge on any atom is -0.339 e. The Morgan fingerprint density at radius 2 is 2.09 bits per heavy atom. The largest absolute Gasteiger partial charge is 0.339 e. The SMILES string of the molecule is CCN(CC)C(=O)c1cccc(NC(=O)C=Cc2nccs2)c1. The van der Waals surface area contributed by atoms with E-state index in [-0.39, 0.29) is 11.8 Å². The molecule has 0 aliphatic carbocycles. The standard InChI is InChI=1S/C17H19N3O2S/c1-3-20(4-2)17(22)13-6-5-7-14(12-13)19-15(21)8-9-16-18-10-11-23-16/h5-12H,3-4H2,1-2H3,(H,19,21). The van der Waals surface area contributed by atoms with Gasteiger partial charge in [0.05, 0.1) is 0 Å². The van der Waals surface area contributed by atoms with Crippen molar-refractivity contribution >= 4 is 34.9 Å². The number of rotatable bonds is 6. The highest BCUT2D eigenvalue weighted by molar-refractivity contribution is 7.10. The lowest BCUT2D eigenvalue weighted by Crippen LogP contribution is -2.30. The van der Waals surface area contributed by atoms with Gasteiger partial charge in [-0.2, -0.15) is 0 Å². The first-order valence-corrected chi connectivity index (χ1v) is 8.30. The maximum Gasteiger partial charge on any atom is 0.253 e. The molecule has 120 valence electrons. The second kappa shape index (κ2) is 8.24. The summed E-state index contributed by atoms with van der Waals surface area (Å²) >= 11 is 1.46. The molecular formula is C17H19N3O2S. The van der Waals surface area contributed by atoms with E-state index in [2.05, 4.69) is 10.3 Å². The topological polar surface area (TPSA) is 62.3 Å². The summed E-state index contributed by atoms with van der Waals surface area (Å²) in [5.74, 6) is -0.294. The Hall–Kier alpha value is -2.47. The van der Waals surface area contributed by atoms with Crippen LogP contribution < -0.4 is 5.32 Å². The number of nitrogens with one attached hydrogen (secondary N) is 1. The number of nitrogens with zero attached hydrogens (tertiary/aromatic N) is 2. The highest BCUT2D eigenvalue weighted by Gasteiger charge is 2.12. The summed E-state index contributed by atoms with van der Waals surface area (Å²) in [5, 5.41) is 5.37. The number of anilines is 1. The second-order valence-corrected chi connectivity index (χ2v) is 5.68. The van der Waals surface area contributed by atoms with Crippen molar-refractivity contribution in [3.05, 3.63) is 52.5 Å². The van der Waals surface area contributed by atoms with Crippen molar-refractivity contribution in [3.63, 3.8) is 0 Å². The lowest BCUT2D eigenvalue weighted by atomic mass is 10.1. The number of hydrogen-bond donors (Lipinski definition) is 1. The van der Waals surface area contributed by atoms with E-state index in [4.69, 9.17) is 0 Å². The van der Waals surface area contributed by atoms with Crippen LogP contribution in [-0.2, 0) is 4.79 Å². The summed E-state index contributed by atoms with van der Waals surface area (Å²) in [6.45, 7) is 5.19. The van der Waals surface area contributed by atoms with Gasteiger partial charge >= 0.3 is 0 Å². The first-order valence-electron chi connectivity index (χ1n) is 7.42. The molecule has 0 saturated carbocycles. The zero-order chi connectivity index (χ0) is 16.7. The molecule has 1 aromatic carbocycles. The summed E-state index contributed by atoms with van der Waals surface area (Å²) in [5.41, 5.74) is 1.16. The smallest absolute Gasteiger partial charge is 0.253 e. The average molecular weight is 329 g/mol. The zero-order valence-corrected chi connectivity index (χ0v) is 14.0. The van der Waals surface area contributed by atoms with Gasteiger partial charge in [0.25, 0.3) is 5.91 Å². The van der Waals surface area contributed by atoms with Gasteiger partial charge < -0.3 is 10.2 Å². The van der Waals surface area contributed by atoms with Gasteiger partial charge in [-0.05, 0) is 38.1 Å². The number of thiazole rings is 1. The highest BCUT2D eigenvalue weighted by Crippen LogP contribution is 2.13. The molecule has 0 saturated heterocycles. The molecule has 0 fully saturated rings. The fourth-order valence-corrected chi connectivity index (χ4v) is 2.60. The Morgan fingerprint density at radius 3 is 2.74 bits per heavy atom. The number of carbonyl (C=O) groups excluding carboxylic acids is 2. The molecule has 0 spiro atoms. The van der Waals surface area contributed by atoms with Crippen LogP contribution in [0.5, 0.6) is 0 Å². The lowest BCUT2D eigenvalue weighted by molar-refractivity contribution is -0.111. The molecule has 2 amide bonds. The summed E-state index contributed by atoms with van der Waals surface area (Å²) in [4.78, 5) is 30.0. The molecule has 0 aliphatic rings. The fraction of sp³-hybridized carbons (Fsp3) is 0.235. The van der Waals surface area contributed by atoms with E-state index in [0.717, 1.165) is 5.01 Å². The summed E-state index contributed by atoms with van der Waals surface area (Å²) in [6, 6.07) is 6.96. The molecule has 5 nitrogen and oxygen atoms in total. The molecule has 0 unspecified atom stereocenters. The van der Waals surface area contributed by atoms with Gasteiger partial charge in [-0.3, -0.25) is 9.59 Å². The van der Waals surface area contributed by atoms with E-state index < -0.39 is 0 Å². The monoisotopic (exact) mass is 329 g/mol. The van der Waals surface area contributed by atoms with Crippen molar-refractivity contribution in [1.29, 1.82) is 0 Å². The summed E-state index contributed by atoms with van der Waals surface area (Å²) in [7, 11) is 0. The van der Waals surface area contributed by atoms with Gasteiger partial charge in [0.1, 0.15) is 5.01 Å². The minimum atomic E-state index is -0.257. The lowest BCUT2D eigenvalue weighted by Gasteiger charge is -2.18. The molecule has 0 radical (unpaired) electrons. The molecule has 1 N–H and O–H groups in total. The first kappa shape index (κ1) is 16.9. The van der Waals surface area contributed by atoms with Crippen molar-refractivity contribution in [2.75, 3.05) is 18.4 Å². The molecule has 1 aromatic heterocycles. The van der Waals surface area contributed by atoms with Crippen LogP contribution in [0.3, 0.4) is 0 Å². The van der Waals surface area contributed by atoms with Crippen LogP contribution in [0.15, 0.2) is 41.9 Å². The van der Waals surface area contributed by atoms with Crippen LogP contribution in [0.2, 0.25) is 0 Å². The molecule has 23 heavy (non-hydrogen) atoms. The van der Waals surface area contributed by atoms with Crippen LogP contribution in [-0.4, -0.2) is 34.8 Å². The van der Waals surface area contributed by atoms with E-state index in [1.54, 1.807) is 41.4 Å². The van der Waals surface area contributed by atoms with Crippen molar-refractivity contribution in [2.24, 2.45) is 0 Å². The Bertz CT molecular complexity index is 692. The Balaban J connectivity index is 2.05. The van der Waals surface area contributed by atoms with Crippen LogP contribution >= 0.6 is 11.3 Å². The summed E-state index contributed by atoms with van der Waals surface area (Å²) < 4.78 is 0. The Morgan fingerprint density at radius 1 is 1.30 bits per heavy atom. The molecular weight excluding hydrogens is 310 g/mol. The van der Waals surface area contributed by atoms with Gasteiger partial charge in [0, 0.05) is 42.0 Å². The molecule has 1 heterocycles. The molecule has 0 aliphatic heterocycles. The third-order valence-electron chi connectivity index (χ3n) is 3.26. The van der Waals surface area contributed by atoms with E-state index in [0.29, 0.717) is 24.3 Å². The van der Waals surface area contributed by atoms with Gasteiger partial charge in [-0.25, -0.2) is 4.98 Å². The Kier molecular flexibility index (Phi) is 6.05. The number of benzene rings is 1. The van der Waals surface area contributed by atoms with E-state index in [1.165, 1.54) is 17.4 Å². The number of aromatic nitrogens is 1. The average Bonchev–Trinajstić information content (AvgIpc) is 3.08. The first-order chi connectivity index (χ1) is 11.1. The van der Waals surface area contributed by atoms with Crippen LogP contribution in [0.1, 0.15) is 29.2 Å². The van der Waals surface area contributed by atoms with Gasteiger partial charge in [-0.1, -0.05) is 6.07 Å². The maximum absolute atomic E-state index is 12.3. The van der Waals surface area contributed by atoms with Crippen LogP contribution in [0.4, 0.5) is 5.69 Å². The van der Waals surface area contributed by atoms with Crippen molar-refractivity contribution in [2.45, 2.75) is 13.8 Å². The Labute approximate surface area is 139 Å². The quantitative estimate of drug-likeness (QED) is 0.827. The van der Waals surface area contributed by atoms with Crippen molar-refractivity contribution in [3.8, 4) is 0 Å². The minimum absolute atomic E-state index is 0.0376. The van der Waals surface area contributed by atoms with E-state index in [9.17, 15) is 9.59 Å². The summed E-state index contributed by atoms with van der Waals surface area (Å²) in [6.07, 6.45) is 4.77. The fourth-order valence-electron chi connectivity index (χ4n) is 2.07. The molecule has 6 heteroatoms. The van der Waals surface area contributed by atoms with Crippen molar-refractivity contribution < 1.29 is 9.59 Å². The molecule has 2 aromatic rings. The van der Waals surface area contributed by atoms with E-state index >= 15 is 0 Å². The van der Waals surface area contributed by atoms with Gasteiger partial charge in [-0.15, -0.1) is 11.3 Å². The number of carbonyl (C=O) groups is 2. The predicted octanol–water partition coefficient (Wildman–Crippen LogP) is 3.28. The third kappa shape index (κ3) is 4.75. The van der Waals surface area contributed by atoms with Gasteiger partial charge in [0.2, 0.25) is 5.91 Å². The van der Waals surface area contributed by atoms with Crippen LogP contribution in [0, 0.1) is 0 Å². The normalized spacial score (nSPS) is 10.7. The maximum atomic E-state index is 12.3. The second-order valence-electron chi connectivity index (χ2n) is 4.75. The number of amides is 2. The predicted molar refractivity (Wildman–Crippen MR) is 93.5 cm³/mol.